The Labute approximate surface area is 339 Å². The van der Waals surface area contributed by atoms with Gasteiger partial charge in [0.25, 0.3) is 0 Å². The topological polar surface area (TPSA) is 99.1 Å². The van der Waals surface area contributed by atoms with Crippen LogP contribution in [0.3, 0.4) is 0 Å². The van der Waals surface area contributed by atoms with E-state index in [1.807, 2.05) is 21.1 Å². The van der Waals surface area contributed by atoms with Crippen molar-refractivity contribution in [2.24, 2.45) is 0 Å². The van der Waals surface area contributed by atoms with Crippen molar-refractivity contribution in [2.45, 2.75) is 231 Å². The number of allylic oxidation sites excluding steroid dienone is 2. The predicted molar refractivity (Wildman–Crippen MR) is 229 cm³/mol. The van der Waals surface area contributed by atoms with Crippen LogP contribution in [-0.2, 0) is 28.6 Å². The van der Waals surface area contributed by atoms with Crippen LogP contribution in [0.4, 0.5) is 0 Å². The van der Waals surface area contributed by atoms with Crippen molar-refractivity contribution in [1.29, 1.82) is 0 Å². The molecule has 0 aliphatic rings. The molecular weight excluding hydrogens is 691 g/mol. The Kier molecular flexibility index (Phi) is 37.6. The van der Waals surface area contributed by atoms with Gasteiger partial charge in [-0.25, -0.2) is 4.79 Å². The first-order valence-electron chi connectivity index (χ1n) is 23.2. The molecule has 0 heterocycles. The normalized spacial score (nSPS) is 13.0. The lowest BCUT2D eigenvalue weighted by molar-refractivity contribution is -0.887. The Bertz CT molecular complexity index is 915. The second-order valence-corrected chi connectivity index (χ2v) is 17.0. The van der Waals surface area contributed by atoms with Gasteiger partial charge >= 0.3 is 17.9 Å². The van der Waals surface area contributed by atoms with E-state index in [-0.39, 0.29) is 36.2 Å². The van der Waals surface area contributed by atoms with E-state index in [1.54, 1.807) is 0 Å². The molecule has 0 radical (unpaired) electrons. The lowest BCUT2D eigenvalue weighted by atomic mass is 10.0. The number of rotatable bonds is 42. The van der Waals surface area contributed by atoms with Crippen molar-refractivity contribution in [2.75, 3.05) is 41.0 Å². The molecule has 8 nitrogen and oxygen atoms in total. The number of ether oxygens (including phenoxy) is 3. The van der Waals surface area contributed by atoms with E-state index >= 15 is 0 Å². The summed E-state index contributed by atoms with van der Waals surface area (Å²) in [6.45, 7) is 4.75. The van der Waals surface area contributed by atoms with Crippen molar-refractivity contribution >= 4 is 17.9 Å². The van der Waals surface area contributed by atoms with Crippen molar-refractivity contribution < 1.29 is 38.2 Å². The van der Waals surface area contributed by atoms with Crippen LogP contribution in [0.1, 0.15) is 219 Å². The van der Waals surface area contributed by atoms with Gasteiger partial charge in [0.15, 0.2) is 12.1 Å². The molecule has 0 aromatic rings. The summed E-state index contributed by atoms with van der Waals surface area (Å²) < 4.78 is 17.3. The Morgan fingerprint density at radius 3 is 1.33 bits per heavy atom. The minimum absolute atomic E-state index is 0.0465. The molecule has 0 saturated carbocycles. The maximum atomic E-state index is 12.7. The summed E-state index contributed by atoms with van der Waals surface area (Å²) >= 11 is 0. The zero-order valence-corrected chi connectivity index (χ0v) is 36.9. The molecule has 2 unspecified atom stereocenters. The summed E-state index contributed by atoms with van der Waals surface area (Å²) in [6.07, 6.45) is 41.0. The molecule has 324 valence electrons. The number of nitrogens with zero attached hydrogens (tertiary/aromatic N) is 1. The van der Waals surface area contributed by atoms with Gasteiger partial charge in [0.2, 0.25) is 0 Å². The number of quaternary nitrogens is 1. The fourth-order valence-corrected chi connectivity index (χ4v) is 7.03. The quantitative estimate of drug-likeness (QED) is 0.0285. The maximum absolute atomic E-state index is 12.7. The number of esters is 2. The van der Waals surface area contributed by atoms with E-state index in [0.29, 0.717) is 19.3 Å². The summed E-state index contributed by atoms with van der Waals surface area (Å²) in [5.74, 6) is -1.46. The molecule has 1 N–H and O–H groups in total. The van der Waals surface area contributed by atoms with Gasteiger partial charge < -0.3 is 23.8 Å². The van der Waals surface area contributed by atoms with Crippen molar-refractivity contribution in [1.82, 2.24) is 0 Å². The van der Waals surface area contributed by atoms with Gasteiger partial charge in [-0.3, -0.25) is 9.59 Å². The van der Waals surface area contributed by atoms with Crippen molar-refractivity contribution in [3.05, 3.63) is 12.2 Å². The Balaban J connectivity index is 4.29. The zero-order chi connectivity index (χ0) is 40.7. The van der Waals surface area contributed by atoms with Crippen molar-refractivity contribution in [3.63, 3.8) is 0 Å². The first-order valence-corrected chi connectivity index (χ1v) is 23.2. The maximum Gasteiger partial charge on any atom is 0.362 e. The van der Waals surface area contributed by atoms with E-state index < -0.39 is 18.1 Å². The number of unbranched alkanes of at least 4 members (excludes halogenated alkanes) is 26. The SMILES string of the molecule is CCCCCC/C=C/CCCCCCCCCC(=O)OC(COCCC(C(=O)O)[N+](C)(C)C)COC(=O)CCCCCCCCCCCCCCCCCC. The smallest absolute Gasteiger partial charge is 0.362 e. The average molecular weight is 781 g/mol. The Morgan fingerprint density at radius 2 is 0.909 bits per heavy atom. The molecule has 0 saturated heterocycles. The molecule has 0 bridgehead atoms. The van der Waals surface area contributed by atoms with Gasteiger partial charge in [-0.15, -0.1) is 0 Å². The average Bonchev–Trinajstić information content (AvgIpc) is 3.14. The number of carboxylic acids is 1. The summed E-state index contributed by atoms with van der Waals surface area (Å²) in [4.78, 5) is 37.0. The molecule has 0 aliphatic heterocycles. The highest BCUT2D eigenvalue weighted by Crippen LogP contribution is 2.16. The highest BCUT2D eigenvalue weighted by Gasteiger charge is 2.31. The van der Waals surface area contributed by atoms with E-state index in [1.165, 1.54) is 148 Å². The highest BCUT2D eigenvalue weighted by molar-refractivity contribution is 5.72. The second-order valence-electron chi connectivity index (χ2n) is 17.0. The fourth-order valence-electron chi connectivity index (χ4n) is 7.03. The first-order chi connectivity index (χ1) is 26.6. The molecule has 2 atom stereocenters. The number of hydrogen-bond acceptors (Lipinski definition) is 6. The molecule has 0 amide bonds. The Morgan fingerprint density at radius 1 is 0.527 bits per heavy atom. The van der Waals surface area contributed by atoms with Gasteiger partial charge in [0.1, 0.15) is 6.61 Å². The number of likely N-dealkylation sites (N-methyl/N-ethyl adjacent to an activating group) is 1. The van der Waals surface area contributed by atoms with Gasteiger partial charge in [0, 0.05) is 19.3 Å². The number of aliphatic carboxylic acids is 1. The predicted octanol–water partition coefficient (Wildman–Crippen LogP) is 12.7. The zero-order valence-electron chi connectivity index (χ0n) is 36.9. The number of carbonyl (C=O) groups is 3. The first kappa shape index (κ1) is 53.1. The van der Waals surface area contributed by atoms with Crippen LogP contribution in [0.15, 0.2) is 12.2 Å². The van der Waals surface area contributed by atoms with E-state index in [4.69, 9.17) is 14.2 Å². The third-order valence-corrected chi connectivity index (χ3v) is 10.7. The summed E-state index contributed by atoms with van der Waals surface area (Å²) in [5.41, 5.74) is 0. The van der Waals surface area contributed by atoms with Crippen LogP contribution in [0.5, 0.6) is 0 Å². The van der Waals surface area contributed by atoms with Crippen LogP contribution in [0.2, 0.25) is 0 Å². The molecule has 0 fully saturated rings. The largest absolute Gasteiger partial charge is 0.477 e. The lowest BCUT2D eigenvalue weighted by Gasteiger charge is -2.31. The third-order valence-electron chi connectivity index (χ3n) is 10.7. The minimum Gasteiger partial charge on any atom is -0.477 e. The molecule has 0 spiro atoms. The van der Waals surface area contributed by atoms with Crippen LogP contribution < -0.4 is 0 Å². The number of carboxylic acid groups (broad SMARTS) is 1. The van der Waals surface area contributed by atoms with Gasteiger partial charge in [0.05, 0.1) is 34.4 Å². The minimum atomic E-state index is -0.872. The van der Waals surface area contributed by atoms with E-state index in [0.717, 1.165) is 38.5 Å². The summed E-state index contributed by atoms with van der Waals surface area (Å²) in [5, 5.41) is 9.62. The number of hydrogen-bond donors (Lipinski definition) is 1. The Hall–Kier alpha value is -1.93. The lowest BCUT2D eigenvalue weighted by Crippen LogP contribution is -2.50. The fraction of sp³-hybridized carbons (Fsp3) is 0.894. The second kappa shape index (κ2) is 38.9. The third kappa shape index (κ3) is 37.4. The van der Waals surface area contributed by atoms with Crippen LogP contribution >= 0.6 is 0 Å². The monoisotopic (exact) mass is 781 g/mol. The van der Waals surface area contributed by atoms with Gasteiger partial charge in [-0.05, 0) is 38.5 Å². The molecule has 0 aliphatic carbocycles. The molecule has 8 heteroatoms. The van der Waals surface area contributed by atoms with Crippen LogP contribution in [0, 0.1) is 0 Å². The molecular formula is C47H90NO7+. The highest BCUT2D eigenvalue weighted by atomic mass is 16.6. The molecule has 0 aromatic heterocycles. The molecule has 55 heavy (non-hydrogen) atoms. The molecule has 0 rings (SSSR count). The van der Waals surface area contributed by atoms with E-state index in [9.17, 15) is 19.5 Å². The van der Waals surface area contributed by atoms with Crippen LogP contribution in [0.25, 0.3) is 0 Å². The van der Waals surface area contributed by atoms with Gasteiger partial charge in [-0.2, -0.15) is 0 Å². The van der Waals surface area contributed by atoms with Crippen molar-refractivity contribution in [3.8, 4) is 0 Å². The molecule has 0 aromatic carbocycles. The summed E-state index contributed by atoms with van der Waals surface area (Å²) in [6, 6.07) is -0.611. The van der Waals surface area contributed by atoms with Crippen LogP contribution in [-0.4, -0.2) is 80.6 Å². The van der Waals surface area contributed by atoms with E-state index in [2.05, 4.69) is 26.0 Å². The van der Waals surface area contributed by atoms with Gasteiger partial charge in [-0.1, -0.05) is 174 Å². The standard InChI is InChI=1S/C47H89NO7/c1-6-8-10-12-14-16-18-20-22-24-25-27-29-31-33-35-37-45(49)54-42-43(41-53-40-39-44(47(51)52)48(3,4)5)55-46(50)38-36-34-32-30-28-26-23-21-19-17-15-13-11-9-7-2/h17,19,43-44H,6-16,18,20-42H2,1-5H3/p+1/b19-17+. The summed E-state index contributed by atoms with van der Waals surface area (Å²) in [7, 11) is 5.54. The number of carbonyl (C=O) groups excluding carboxylic acids is 2.